The molecule has 19 heavy (non-hydrogen) atoms. The van der Waals surface area contributed by atoms with Crippen LogP contribution in [0.15, 0.2) is 29.2 Å². The van der Waals surface area contributed by atoms with E-state index in [4.69, 9.17) is 4.74 Å². The van der Waals surface area contributed by atoms with E-state index < -0.39 is 9.84 Å². The summed E-state index contributed by atoms with van der Waals surface area (Å²) < 4.78 is 29.0. The highest BCUT2D eigenvalue weighted by Gasteiger charge is 2.13. The van der Waals surface area contributed by atoms with Crippen molar-refractivity contribution in [1.29, 1.82) is 0 Å². The van der Waals surface area contributed by atoms with Crippen LogP contribution in [0.5, 0.6) is 5.75 Å². The molecule has 0 saturated carbocycles. The van der Waals surface area contributed by atoms with Gasteiger partial charge in [-0.1, -0.05) is 13.3 Å². The highest BCUT2D eigenvalue weighted by molar-refractivity contribution is 7.91. The zero-order valence-corrected chi connectivity index (χ0v) is 13.0. The van der Waals surface area contributed by atoms with Crippen LogP contribution in [-0.4, -0.2) is 34.4 Å². The Kier molecular flexibility index (Phi) is 8.80. The Morgan fingerprint density at radius 2 is 1.79 bits per heavy atom. The lowest BCUT2D eigenvalue weighted by Crippen LogP contribution is -2.23. The molecule has 0 spiro atoms. The molecule has 0 aromatic heterocycles. The summed E-state index contributed by atoms with van der Waals surface area (Å²) in [7, 11) is -1.63. The Labute approximate surface area is 121 Å². The quantitative estimate of drug-likeness (QED) is 0.749. The number of rotatable bonds is 8. The average Bonchev–Trinajstić information content (AvgIpc) is 2.38. The maximum Gasteiger partial charge on any atom is 0.179 e. The number of hydrogen-bond donors (Lipinski definition) is 1. The van der Waals surface area contributed by atoms with Gasteiger partial charge in [0.2, 0.25) is 0 Å². The van der Waals surface area contributed by atoms with Crippen molar-refractivity contribution in [3.8, 4) is 5.75 Å². The highest BCUT2D eigenvalue weighted by atomic mass is 35.5. The van der Waals surface area contributed by atoms with Gasteiger partial charge in [-0.3, -0.25) is 0 Å². The van der Waals surface area contributed by atoms with Crippen LogP contribution in [0.3, 0.4) is 0 Å². The van der Waals surface area contributed by atoms with Gasteiger partial charge in [0, 0.05) is 6.54 Å². The molecule has 0 atom stereocenters. The first kappa shape index (κ1) is 18.2. The Balaban J connectivity index is 0.00000324. The third-order valence-electron chi connectivity index (χ3n) is 2.67. The maximum atomic E-state index is 12.0. The molecular weight excluding hydrogens is 286 g/mol. The molecule has 0 radical (unpaired) electrons. The summed E-state index contributed by atoms with van der Waals surface area (Å²) in [6.45, 7) is 3.47. The van der Waals surface area contributed by atoms with E-state index in [0.717, 1.165) is 19.4 Å². The SMILES string of the molecule is CCCCNCCS(=O)(=O)c1ccc(OC)cc1.Cl. The van der Waals surface area contributed by atoms with Crippen LogP contribution in [0.4, 0.5) is 0 Å². The number of benzene rings is 1. The van der Waals surface area contributed by atoms with Crippen molar-refractivity contribution in [2.45, 2.75) is 24.7 Å². The maximum absolute atomic E-state index is 12.0. The standard InChI is InChI=1S/C13H21NO3S.ClH/c1-3-4-9-14-10-11-18(15,16)13-7-5-12(17-2)6-8-13;/h5-8,14H,3-4,9-11H2,1-2H3;1H. The number of sulfone groups is 1. The molecule has 1 rings (SSSR count). The van der Waals surface area contributed by atoms with Gasteiger partial charge in [0.1, 0.15) is 5.75 Å². The van der Waals surface area contributed by atoms with Gasteiger partial charge >= 0.3 is 0 Å². The van der Waals surface area contributed by atoms with E-state index in [2.05, 4.69) is 12.2 Å². The van der Waals surface area contributed by atoms with E-state index in [9.17, 15) is 8.42 Å². The van der Waals surface area contributed by atoms with Gasteiger partial charge in [0.15, 0.2) is 9.84 Å². The highest BCUT2D eigenvalue weighted by Crippen LogP contribution is 2.16. The second-order valence-electron chi connectivity index (χ2n) is 4.10. The lowest BCUT2D eigenvalue weighted by atomic mass is 10.3. The number of nitrogens with one attached hydrogen (secondary N) is 1. The van der Waals surface area contributed by atoms with Gasteiger partial charge in [-0.05, 0) is 37.2 Å². The largest absolute Gasteiger partial charge is 0.497 e. The third kappa shape index (κ3) is 6.27. The lowest BCUT2D eigenvalue weighted by Gasteiger charge is -2.06. The van der Waals surface area contributed by atoms with E-state index in [0.29, 0.717) is 17.2 Å². The Morgan fingerprint density at radius 3 is 2.32 bits per heavy atom. The van der Waals surface area contributed by atoms with Crippen LogP contribution in [-0.2, 0) is 9.84 Å². The molecule has 1 N–H and O–H groups in total. The molecular formula is C13H22ClNO3S. The van der Waals surface area contributed by atoms with Crippen molar-refractivity contribution in [2.24, 2.45) is 0 Å². The van der Waals surface area contributed by atoms with Gasteiger partial charge in [-0.25, -0.2) is 8.42 Å². The summed E-state index contributed by atoms with van der Waals surface area (Å²) >= 11 is 0. The number of methoxy groups -OCH3 is 1. The summed E-state index contributed by atoms with van der Waals surface area (Å²) in [5.74, 6) is 0.790. The topological polar surface area (TPSA) is 55.4 Å². The molecule has 0 heterocycles. The van der Waals surface area contributed by atoms with Gasteiger partial charge in [0.25, 0.3) is 0 Å². The average molecular weight is 308 g/mol. The van der Waals surface area contributed by atoms with Crippen molar-refractivity contribution >= 4 is 22.2 Å². The minimum atomic E-state index is -3.19. The summed E-state index contributed by atoms with van der Waals surface area (Å²) in [6.07, 6.45) is 2.18. The molecule has 0 saturated heterocycles. The van der Waals surface area contributed by atoms with Crippen LogP contribution < -0.4 is 10.1 Å². The van der Waals surface area contributed by atoms with Crippen LogP contribution in [0.25, 0.3) is 0 Å². The second kappa shape index (κ2) is 9.18. The fourth-order valence-electron chi connectivity index (χ4n) is 1.53. The molecule has 6 heteroatoms. The van der Waals surface area contributed by atoms with Crippen molar-refractivity contribution < 1.29 is 13.2 Å². The van der Waals surface area contributed by atoms with E-state index in [-0.39, 0.29) is 18.2 Å². The summed E-state index contributed by atoms with van der Waals surface area (Å²) in [5.41, 5.74) is 0. The zero-order chi connectivity index (χ0) is 13.4. The van der Waals surface area contributed by atoms with Gasteiger partial charge in [-0.15, -0.1) is 12.4 Å². The van der Waals surface area contributed by atoms with Gasteiger partial charge in [0.05, 0.1) is 17.8 Å². The summed E-state index contributed by atoms with van der Waals surface area (Å²) in [6, 6.07) is 6.50. The van der Waals surface area contributed by atoms with Crippen molar-refractivity contribution in [3.63, 3.8) is 0 Å². The number of hydrogen-bond acceptors (Lipinski definition) is 4. The van der Waals surface area contributed by atoms with Crippen LogP contribution in [0.1, 0.15) is 19.8 Å². The number of unbranched alkanes of at least 4 members (excludes halogenated alkanes) is 1. The van der Waals surface area contributed by atoms with E-state index in [1.807, 2.05) is 0 Å². The fourth-order valence-corrected chi connectivity index (χ4v) is 2.73. The molecule has 0 aliphatic heterocycles. The van der Waals surface area contributed by atoms with Gasteiger partial charge < -0.3 is 10.1 Å². The molecule has 0 unspecified atom stereocenters. The van der Waals surface area contributed by atoms with Crippen molar-refractivity contribution in [3.05, 3.63) is 24.3 Å². The molecule has 1 aromatic carbocycles. The predicted octanol–water partition coefficient (Wildman–Crippen LogP) is 2.28. The Hall–Kier alpha value is -0.780. The molecule has 0 aliphatic carbocycles. The normalized spacial score (nSPS) is 10.8. The molecule has 4 nitrogen and oxygen atoms in total. The van der Waals surface area contributed by atoms with Crippen molar-refractivity contribution in [2.75, 3.05) is 26.0 Å². The Morgan fingerprint density at radius 1 is 1.16 bits per heavy atom. The number of halogens is 1. The molecule has 0 amide bonds. The smallest absolute Gasteiger partial charge is 0.179 e. The molecule has 0 bridgehead atoms. The van der Waals surface area contributed by atoms with Crippen LogP contribution in [0.2, 0.25) is 0 Å². The molecule has 1 aromatic rings. The van der Waals surface area contributed by atoms with Crippen LogP contribution >= 0.6 is 12.4 Å². The third-order valence-corrected chi connectivity index (χ3v) is 4.41. The molecule has 0 aliphatic rings. The van der Waals surface area contributed by atoms with E-state index in [1.165, 1.54) is 0 Å². The van der Waals surface area contributed by atoms with Crippen molar-refractivity contribution in [1.82, 2.24) is 5.32 Å². The lowest BCUT2D eigenvalue weighted by molar-refractivity contribution is 0.414. The van der Waals surface area contributed by atoms with E-state index in [1.54, 1.807) is 31.4 Å². The molecule has 0 fully saturated rings. The second-order valence-corrected chi connectivity index (χ2v) is 6.21. The molecule has 110 valence electrons. The Bertz CT molecular complexity index is 445. The summed E-state index contributed by atoms with van der Waals surface area (Å²) in [4.78, 5) is 0.348. The minimum Gasteiger partial charge on any atom is -0.497 e. The predicted molar refractivity (Wildman–Crippen MR) is 80.1 cm³/mol. The first-order valence-electron chi connectivity index (χ1n) is 6.17. The van der Waals surface area contributed by atoms with Gasteiger partial charge in [-0.2, -0.15) is 0 Å². The van der Waals surface area contributed by atoms with Crippen LogP contribution in [0, 0.1) is 0 Å². The zero-order valence-electron chi connectivity index (χ0n) is 11.4. The minimum absolute atomic E-state index is 0. The fraction of sp³-hybridized carbons (Fsp3) is 0.538. The summed E-state index contributed by atoms with van der Waals surface area (Å²) in [5, 5.41) is 3.13. The van der Waals surface area contributed by atoms with E-state index >= 15 is 0 Å². The first-order valence-corrected chi connectivity index (χ1v) is 7.83. The first-order chi connectivity index (χ1) is 8.60. The number of ether oxygens (including phenoxy) is 1. The monoisotopic (exact) mass is 307 g/mol.